The molecule has 3 heteroatoms. The maximum absolute atomic E-state index is 14.1. The second-order valence-electron chi connectivity index (χ2n) is 6.17. The summed E-state index contributed by atoms with van der Waals surface area (Å²) in [7, 11) is 1.51. The maximum Gasteiger partial charge on any atom is 0.132 e. The molecule has 1 aliphatic rings. The van der Waals surface area contributed by atoms with E-state index in [0.29, 0.717) is 11.3 Å². The number of ether oxygens (including phenoxy) is 1. The summed E-state index contributed by atoms with van der Waals surface area (Å²) in [5.41, 5.74) is 0.449. The fourth-order valence-electron chi connectivity index (χ4n) is 3.20. The van der Waals surface area contributed by atoms with Crippen molar-refractivity contribution in [1.29, 1.82) is 0 Å². The van der Waals surface area contributed by atoms with E-state index in [4.69, 9.17) is 4.74 Å². The molecule has 0 aliphatic heterocycles. The molecule has 2 rings (SSSR count). The summed E-state index contributed by atoms with van der Waals surface area (Å²) in [5.74, 6) is 0.216. The molecule has 1 saturated carbocycles. The number of benzene rings is 1. The Morgan fingerprint density at radius 3 is 2.68 bits per heavy atom. The van der Waals surface area contributed by atoms with Crippen molar-refractivity contribution in [2.45, 2.75) is 45.6 Å². The van der Waals surface area contributed by atoms with Gasteiger partial charge in [0.25, 0.3) is 0 Å². The van der Waals surface area contributed by atoms with Crippen molar-refractivity contribution in [2.75, 3.05) is 7.11 Å². The number of methoxy groups -OCH3 is 1. The molecule has 2 unspecified atom stereocenters. The quantitative estimate of drug-likeness (QED) is 0.893. The Balaban J connectivity index is 2.25. The van der Waals surface area contributed by atoms with Crippen molar-refractivity contribution in [3.8, 4) is 5.75 Å². The van der Waals surface area contributed by atoms with E-state index < -0.39 is 6.10 Å². The summed E-state index contributed by atoms with van der Waals surface area (Å²) in [5, 5.41) is 10.5. The molecule has 1 N–H and O–H groups in total. The van der Waals surface area contributed by atoms with E-state index in [1.807, 2.05) is 0 Å². The SMILES string of the molecule is COc1ccc(C(O)C2CCCCC2(C)C)c(F)c1. The van der Waals surface area contributed by atoms with E-state index in [0.717, 1.165) is 19.3 Å². The van der Waals surface area contributed by atoms with E-state index in [1.165, 1.54) is 19.6 Å². The highest BCUT2D eigenvalue weighted by atomic mass is 19.1. The zero-order valence-electron chi connectivity index (χ0n) is 11.9. The molecule has 19 heavy (non-hydrogen) atoms. The van der Waals surface area contributed by atoms with Gasteiger partial charge in [0.2, 0.25) is 0 Å². The van der Waals surface area contributed by atoms with Crippen LogP contribution in [0, 0.1) is 17.2 Å². The third-order valence-electron chi connectivity index (χ3n) is 4.50. The lowest BCUT2D eigenvalue weighted by Crippen LogP contribution is -2.33. The van der Waals surface area contributed by atoms with Crippen LogP contribution in [0.2, 0.25) is 0 Å². The number of aliphatic hydroxyl groups is 1. The van der Waals surface area contributed by atoms with Crippen molar-refractivity contribution in [3.05, 3.63) is 29.6 Å². The number of rotatable bonds is 3. The predicted octanol–water partition coefficient (Wildman–Crippen LogP) is 4.08. The molecule has 1 aromatic carbocycles. The molecule has 0 radical (unpaired) electrons. The summed E-state index contributed by atoms with van der Waals surface area (Å²) in [6.07, 6.45) is 3.62. The van der Waals surface area contributed by atoms with Crippen LogP contribution in [0.25, 0.3) is 0 Å². The van der Waals surface area contributed by atoms with Gasteiger partial charge in [-0.3, -0.25) is 0 Å². The third kappa shape index (κ3) is 2.92. The fraction of sp³-hybridized carbons (Fsp3) is 0.625. The lowest BCUT2D eigenvalue weighted by molar-refractivity contribution is 0.00197. The zero-order valence-corrected chi connectivity index (χ0v) is 11.9. The highest BCUT2D eigenvalue weighted by Crippen LogP contribution is 2.47. The minimum atomic E-state index is -0.735. The van der Waals surface area contributed by atoms with E-state index in [1.54, 1.807) is 12.1 Å². The summed E-state index contributed by atoms with van der Waals surface area (Å²) in [6.45, 7) is 4.34. The lowest BCUT2D eigenvalue weighted by Gasteiger charge is -2.41. The molecule has 0 aromatic heterocycles. The van der Waals surface area contributed by atoms with Gasteiger partial charge in [-0.25, -0.2) is 4.39 Å². The summed E-state index contributed by atoms with van der Waals surface area (Å²) in [6, 6.07) is 4.69. The second kappa shape index (κ2) is 5.49. The monoisotopic (exact) mass is 266 g/mol. The highest BCUT2D eigenvalue weighted by Gasteiger charge is 2.38. The van der Waals surface area contributed by atoms with Crippen LogP contribution >= 0.6 is 0 Å². The number of halogens is 1. The van der Waals surface area contributed by atoms with Gasteiger partial charge in [-0.1, -0.05) is 26.7 Å². The largest absolute Gasteiger partial charge is 0.497 e. The second-order valence-corrected chi connectivity index (χ2v) is 6.17. The first kappa shape index (κ1) is 14.3. The van der Waals surface area contributed by atoms with Crippen LogP contribution in [0.5, 0.6) is 5.75 Å². The van der Waals surface area contributed by atoms with Crippen LogP contribution in [0.1, 0.15) is 51.2 Å². The third-order valence-corrected chi connectivity index (χ3v) is 4.50. The maximum atomic E-state index is 14.1. The number of hydrogen-bond donors (Lipinski definition) is 1. The molecule has 0 spiro atoms. The average molecular weight is 266 g/mol. The average Bonchev–Trinajstić information content (AvgIpc) is 2.37. The van der Waals surface area contributed by atoms with Crippen molar-refractivity contribution in [1.82, 2.24) is 0 Å². The molecule has 1 aliphatic carbocycles. The minimum absolute atomic E-state index is 0.0596. The van der Waals surface area contributed by atoms with Crippen molar-refractivity contribution >= 4 is 0 Å². The standard InChI is InChI=1S/C16H23FO2/c1-16(2)9-5-4-6-13(16)15(18)12-8-7-11(19-3)10-14(12)17/h7-8,10,13,15,18H,4-6,9H2,1-3H3. The summed E-state index contributed by atoms with van der Waals surface area (Å²) in [4.78, 5) is 0. The van der Waals surface area contributed by atoms with Gasteiger partial charge in [-0.2, -0.15) is 0 Å². The van der Waals surface area contributed by atoms with E-state index >= 15 is 0 Å². The Bertz CT molecular complexity index is 442. The van der Waals surface area contributed by atoms with E-state index in [-0.39, 0.29) is 17.2 Å². The van der Waals surface area contributed by atoms with Gasteiger partial charge in [-0.15, -0.1) is 0 Å². The van der Waals surface area contributed by atoms with Crippen molar-refractivity contribution in [3.63, 3.8) is 0 Å². The molecular formula is C16H23FO2. The predicted molar refractivity (Wildman–Crippen MR) is 73.7 cm³/mol. The molecular weight excluding hydrogens is 243 g/mol. The summed E-state index contributed by atoms with van der Waals surface area (Å²) < 4.78 is 19.0. The van der Waals surface area contributed by atoms with Gasteiger partial charge in [0.15, 0.2) is 0 Å². The van der Waals surface area contributed by atoms with E-state index in [9.17, 15) is 9.50 Å². The van der Waals surface area contributed by atoms with E-state index in [2.05, 4.69) is 13.8 Å². The molecule has 2 atom stereocenters. The Morgan fingerprint density at radius 2 is 2.11 bits per heavy atom. The number of aliphatic hydroxyl groups excluding tert-OH is 1. The molecule has 2 nitrogen and oxygen atoms in total. The van der Waals surface area contributed by atoms with Crippen LogP contribution in [0.4, 0.5) is 4.39 Å². The van der Waals surface area contributed by atoms with Crippen LogP contribution in [0.3, 0.4) is 0 Å². The molecule has 106 valence electrons. The molecule has 1 fully saturated rings. The Kier molecular flexibility index (Phi) is 4.14. The topological polar surface area (TPSA) is 29.5 Å². The van der Waals surface area contributed by atoms with Crippen LogP contribution < -0.4 is 4.74 Å². The highest BCUT2D eigenvalue weighted by molar-refractivity contribution is 5.30. The first-order chi connectivity index (χ1) is 8.95. The van der Waals surface area contributed by atoms with Crippen molar-refractivity contribution in [2.24, 2.45) is 11.3 Å². The van der Waals surface area contributed by atoms with Crippen LogP contribution in [-0.2, 0) is 0 Å². The van der Waals surface area contributed by atoms with Gasteiger partial charge in [0, 0.05) is 11.6 Å². The molecule has 1 aromatic rings. The van der Waals surface area contributed by atoms with Gasteiger partial charge >= 0.3 is 0 Å². The first-order valence-electron chi connectivity index (χ1n) is 6.97. The Morgan fingerprint density at radius 1 is 1.37 bits per heavy atom. The smallest absolute Gasteiger partial charge is 0.132 e. The van der Waals surface area contributed by atoms with Gasteiger partial charge in [0.1, 0.15) is 11.6 Å². The molecule has 0 bridgehead atoms. The Labute approximate surface area is 114 Å². The zero-order chi connectivity index (χ0) is 14.0. The molecule has 0 heterocycles. The van der Waals surface area contributed by atoms with Crippen LogP contribution in [-0.4, -0.2) is 12.2 Å². The summed E-state index contributed by atoms with van der Waals surface area (Å²) >= 11 is 0. The van der Waals surface area contributed by atoms with Crippen LogP contribution in [0.15, 0.2) is 18.2 Å². The fourth-order valence-corrected chi connectivity index (χ4v) is 3.20. The van der Waals surface area contributed by atoms with Gasteiger partial charge < -0.3 is 9.84 Å². The lowest BCUT2D eigenvalue weighted by atomic mass is 9.65. The van der Waals surface area contributed by atoms with Crippen molar-refractivity contribution < 1.29 is 14.2 Å². The van der Waals surface area contributed by atoms with Gasteiger partial charge in [-0.05, 0) is 36.3 Å². The Hall–Kier alpha value is -1.09. The molecule has 0 saturated heterocycles. The minimum Gasteiger partial charge on any atom is -0.497 e. The van der Waals surface area contributed by atoms with Gasteiger partial charge in [0.05, 0.1) is 13.2 Å². The number of hydrogen-bond acceptors (Lipinski definition) is 2. The first-order valence-corrected chi connectivity index (χ1v) is 6.97. The normalized spacial score (nSPS) is 23.9. The molecule has 0 amide bonds.